The monoisotopic (exact) mass is 512 g/mol. The number of hydrogen-bond acceptors (Lipinski definition) is 4. The molecule has 0 radical (unpaired) electrons. The van der Waals surface area contributed by atoms with Gasteiger partial charge in [-0.2, -0.15) is 0 Å². The number of sulfone groups is 1. The number of guanidine groups is 1. The van der Waals surface area contributed by atoms with Crippen molar-refractivity contribution in [3.8, 4) is 0 Å². The van der Waals surface area contributed by atoms with Crippen molar-refractivity contribution in [1.29, 1.82) is 0 Å². The van der Waals surface area contributed by atoms with E-state index in [0.717, 1.165) is 24.6 Å². The van der Waals surface area contributed by atoms with E-state index < -0.39 is 9.84 Å². The first-order chi connectivity index (χ1) is 12.2. The largest absolute Gasteiger partial charge is 0.356 e. The van der Waals surface area contributed by atoms with Gasteiger partial charge in [-0.05, 0) is 19.3 Å². The minimum atomic E-state index is -2.87. The van der Waals surface area contributed by atoms with Crippen molar-refractivity contribution in [3.63, 3.8) is 0 Å². The van der Waals surface area contributed by atoms with Gasteiger partial charge in [0.25, 0.3) is 0 Å². The van der Waals surface area contributed by atoms with Gasteiger partial charge in [0.15, 0.2) is 15.8 Å². The Labute approximate surface area is 180 Å². The summed E-state index contributed by atoms with van der Waals surface area (Å²) in [6.45, 7) is 13.6. The van der Waals surface area contributed by atoms with Gasteiger partial charge < -0.3 is 15.1 Å². The van der Waals surface area contributed by atoms with Crippen molar-refractivity contribution in [2.24, 2.45) is 16.8 Å². The van der Waals surface area contributed by atoms with E-state index in [-0.39, 0.29) is 53.2 Å². The number of nitrogens with zero attached hydrogens (tertiary/aromatic N) is 3. The van der Waals surface area contributed by atoms with Crippen molar-refractivity contribution in [1.82, 2.24) is 15.1 Å². The Morgan fingerprint density at radius 3 is 2.30 bits per heavy atom. The van der Waals surface area contributed by atoms with Gasteiger partial charge in [0.05, 0.1) is 18.1 Å². The average molecular weight is 512 g/mol. The van der Waals surface area contributed by atoms with Crippen LogP contribution in [0.3, 0.4) is 0 Å². The van der Waals surface area contributed by atoms with E-state index in [9.17, 15) is 13.2 Å². The van der Waals surface area contributed by atoms with Crippen molar-refractivity contribution >= 4 is 45.7 Å². The molecule has 2 aliphatic rings. The summed E-state index contributed by atoms with van der Waals surface area (Å²) in [6, 6.07) is 0. The van der Waals surface area contributed by atoms with E-state index in [1.807, 2.05) is 25.7 Å². The molecule has 2 fully saturated rings. The van der Waals surface area contributed by atoms with Crippen LogP contribution in [-0.2, 0) is 14.6 Å². The maximum Gasteiger partial charge on any atom is 0.225 e. The van der Waals surface area contributed by atoms with Crippen LogP contribution < -0.4 is 5.32 Å². The van der Waals surface area contributed by atoms with Gasteiger partial charge in [-0.25, -0.2) is 13.4 Å². The summed E-state index contributed by atoms with van der Waals surface area (Å²) < 4.78 is 23.3. The minimum Gasteiger partial charge on any atom is -0.356 e. The third-order valence-electron chi connectivity index (χ3n) is 4.76. The van der Waals surface area contributed by atoms with Gasteiger partial charge in [0.1, 0.15) is 0 Å². The Hall–Kier alpha value is -0.840. The Bertz CT molecular complexity index is 656. The predicted molar refractivity (Wildman–Crippen MR) is 120 cm³/mol. The maximum atomic E-state index is 12.1. The van der Waals surface area contributed by atoms with Crippen LogP contribution in [0, 0.1) is 11.8 Å². The molecule has 0 spiro atoms. The second-order valence-electron chi connectivity index (χ2n) is 7.71. The second kappa shape index (κ2) is 10.6. The molecule has 1 amide bonds. The summed E-state index contributed by atoms with van der Waals surface area (Å²) in [5, 5.41) is 3.36. The van der Waals surface area contributed by atoms with Crippen LogP contribution in [-0.4, -0.2) is 80.9 Å². The molecule has 1 atom stereocenters. The van der Waals surface area contributed by atoms with Crippen LogP contribution in [0.4, 0.5) is 0 Å². The summed E-state index contributed by atoms with van der Waals surface area (Å²) in [7, 11) is -2.87. The average Bonchev–Trinajstić information content (AvgIpc) is 2.93. The van der Waals surface area contributed by atoms with E-state index in [1.54, 1.807) is 0 Å². The van der Waals surface area contributed by atoms with Crippen molar-refractivity contribution in [2.75, 3.05) is 50.8 Å². The fraction of sp³-hybridized carbons (Fsp3) is 0.778. The van der Waals surface area contributed by atoms with Crippen LogP contribution in [0.5, 0.6) is 0 Å². The first-order valence-corrected chi connectivity index (χ1v) is 11.2. The molecule has 0 aromatic carbocycles. The molecule has 2 heterocycles. The van der Waals surface area contributed by atoms with Crippen molar-refractivity contribution in [3.05, 3.63) is 12.2 Å². The summed E-state index contributed by atoms with van der Waals surface area (Å²) >= 11 is 0. The molecular formula is C18H33IN4O3S. The van der Waals surface area contributed by atoms with E-state index in [4.69, 9.17) is 0 Å². The van der Waals surface area contributed by atoms with Gasteiger partial charge >= 0.3 is 0 Å². The molecule has 7 nitrogen and oxygen atoms in total. The molecule has 0 bridgehead atoms. The molecule has 0 aliphatic carbocycles. The van der Waals surface area contributed by atoms with E-state index >= 15 is 0 Å². The van der Waals surface area contributed by atoms with Gasteiger partial charge in [0.2, 0.25) is 5.91 Å². The fourth-order valence-corrected chi connectivity index (χ4v) is 5.11. The molecule has 9 heteroatoms. The molecule has 156 valence electrons. The summed E-state index contributed by atoms with van der Waals surface area (Å²) in [6.07, 6.45) is 0.708. The topological polar surface area (TPSA) is 82.1 Å². The van der Waals surface area contributed by atoms with E-state index in [0.29, 0.717) is 32.6 Å². The third kappa shape index (κ3) is 7.59. The zero-order chi connectivity index (χ0) is 19.3. The molecule has 2 aliphatic heterocycles. The molecule has 0 saturated carbocycles. The Kier molecular flexibility index (Phi) is 9.53. The van der Waals surface area contributed by atoms with Crippen LogP contribution >= 0.6 is 24.0 Å². The number of hydrogen-bond donors (Lipinski definition) is 1. The lowest BCUT2D eigenvalue weighted by Crippen LogP contribution is -2.55. The zero-order valence-corrected chi connectivity index (χ0v) is 19.8. The molecule has 1 N–H and O–H groups in total. The standard InChI is InChI=1S/C18H32N4O3S.HI/c1-14(2)11-19-18(20-12-16-5-10-26(24,25)13-16)22-8-6-21(7-9-22)17(23)15(3)4;/h15-16H,1,5-13H2,2-4H3,(H,19,20);1H. The van der Waals surface area contributed by atoms with Crippen LogP contribution in [0.15, 0.2) is 17.1 Å². The maximum absolute atomic E-state index is 12.1. The first kappa shape index (κ1) is 24.2. The van der Waals surface area contributed by atoms with E-state index in [1.165, 1.54) is 0 Å². The zero-order valence-electron chi connectivity index (χ0n) is 16.6. The van der Waals surface area contributed by atoms with Crippen molar-refractivity contribution < 1.29 is 13.2 Å². The SMILES string of the molecule is C=C(C)CN=C(NCC1CCS(=O)(=O)C1)N1CCN(C(=O)C(C)C)CC1.I. The number of aliphatic imine (C=N–C) groups is 1. The Morgan fingerprint density at radius 1 is 1.22 bits per heavy atom. The molecule has 1 unspecified atom stereocenters. The molecule has 0 aromatic heterocycles. The van der Waals surface area contributed by atoms with Crippen LogP contribution in [0.1, 0.15) is 27.2 Å². The third-order valence-corrected chi connectivity index (χ3v) is 6.60. The van der Waals surface area contributed by atoms with Crippen LogP contribution in [0.2, 0.25) is 0 Å². The number of nitrogens with one attached hydrogen (secondary N) is 1. The lowest BCUT2D eigenvalue weighted by molar-refractivity contribution is -0.135. The summed E-state index contributed by atoms with van der Waals surface area (Å²) in [5.41, 5.74) is 0.973. The smallest absolute Gasteiger partial charge is 0.225 e. The number of amides is 1. The first-order valence-electron chi connectivity index (χ1n) is 9.35. The molecule has 0 aromatic rings. The lowest BCUT2D eigenvalue weighted by atomic mass is 10.1. The van der Waals surface area contributed by atoms with Gasteiger partial charge in [-0.1, -0.05) is 26.0 Å². The quantitative estimate of drug-likeness (QED) is 0.261. The summed E-state index contributed by atoms with van der Waals surface area (Å²) in [5.74, 6) is 1.67. The molecule has 27 heavy (non-hydrogen) atoms. The highest BCUT2D eigenvalue weighted by molar-refractivity contribution is 14.0. The Balaban J connectivity index is 0.00000364. The highest BCUT2D eigenvalue weighted by Crippen LogP contribution is 2.17. The second-order valence-corrected chi connectivity index (χ2v) is 9.94. The van der Waals surface area contributed by atoms with E-state index in [2.05, 4.69) is 21.8 Å². The highest BCUT2D eigenvalue weighted by Gasteiger charge is 2.29. The molecule has 2 saturated heterocycles. The molecule has 2 rings (SSSR count). The number of rotatable bonds is 5. The normalized spacial score (nSPS) is 22.5. The number of halogens is 1. The van der Waals surface area contributed by atoms with Gasteiger partial charge in [0, 0.05) is 38.6 Å². The number of carbonyl (C=O) groups is 1. The minimum absolute atomic E-state index is 0. The molecular weight excluding hydrogens is 479 g/mol. The predicted octanol–water partition coefficient (Wildman–Crippen LogP) is 1.36. The van der Waals surface area contributed by atoms with Crippen molar-refractivity contribution in [2.45, 2.75) is 27.2 Å². The summed E-state index contributed by atoms with van der Waals surface area (Å²) in [4.78, 5) is 20.8. The van der Waals surface area contributed by atoms with Gasteiger partial charge in [-0.3, -0.25) is 4.79 Å². The highest BCUT2D eigenvalue weighted by atomic mass is 127. The number of carbonyl (C=O) groups excluding carboxylic acids is 1. The fourth-order valence-electron chi connectivity index (χ4n) is 3.25. The number of piperazine rings is 1. The van der Waals surface area contributed by atoms with Crippen LogP contribution in [0.25, 0.3) is 0 Å². The lowest BCUT2D eigenvalue weighted by Gasteiger charge is -2.37. The Morgan fingerprint density at radius 2 is 1.81 bits per heavy atom. The van der Waals surface area contributed by atoms with Gasteiger partial charge in [-0.15, -0.1) is 24.0 Å².